The first-order valence-electron chi connectivity index (χ1n) is 7.22. The molecule has 0 saturated heterocycles. The number of hydrogen-bond acceptors (Lipinski definition) is 3. The summed E-state index contributed by atoms with van der Waals surface area (Å²) < 4.78 is 5.13. The van der Waals surface area contributed by atoms with Crippen LogP contribution in [0.5, 0.6) is 0 Å². The Labute approximate surface area is 120 Å². The number of rotatable bonds is 6. The number of ether oxygens (including phenoxy) is 1. The summed E-state index contributed by atoms with van der Waals surface area (Å²) in [6.07, 6.45) is 3.63. The van der Waals surface area contributed by atoms with Gasteiger partial charge in [0.15, 0.2) is 0 Å². The Balaban J connectivity index is 1.85. The largest absolute Gasteiger partial charge is 0.481 e. The average Bonchev–Trinajstić information content (AvgIpc) is 2.46. The third-order valence-electron chi connectivity index (χ3n) is 3.92. The lowest BCUT2D eigenvalue weighted by Gasteiger charge is -2.27. The zero-order valence-corrected chi connectivity index (χ0v) is 12.0. The summed E-state index contributed by atoms with van der Waals surface area (Å²) in [6.45, 7) is 1.41. The molecule has 110 valence electrons. The molecule has 1 aliphatic carbocycles. The second-order valence-electron chi connectivity index (χ2n) is 5.53. The zero-order chi connectivity index (χ0) is 14.4. The molecule has 0 aliphatic heterocycles. The summed E-state index contributed by atoms with van der Waals surface area (Å²) in [5.41, 5.74) is 2.39. The molecule has 0 spiro atoms. The summed E-state index contributed by atoms with van der Waals surface area (Å²) in [7, 11) is 1.69. The summed E-state index contributed by atoms with van der Waals surface area (Å²) in [4.78, 5) is 11.0. The van der Waals surface area contributed by atoms with E-state index in [1.807, 2.05) is 12.1 Å². The van der Waals surface area contributed by atoms with E-state index in [1.54, 1.807) is 7.11 Å². The molecule has 1 aromatic rings. The first kappa shape index (κ1) is 15.0. The maximum Gasteiger partial charge on any atom is 0.306 e. The molecule has 1 aromatic carbocycles. The van der Waals surface area contributed by atoms with Crippen LogP contribution in [0, 0.1) is 5.92 Å². The predicted molar refractivity (Wildman–Crippen MR) is 77.4 cm³/mol. The van der Waals surface area contributed by atoms with Gasteiger partial charge in [-0.3, -0.25) is 4.79 Å². The van der Waals surface area contributed by atoms with Crippen molar-refractivity contribution in [3.63, 3.8) is 0 Å². The topological polar surface area (TPSA) is 58.6 Å². The molecule has 4 nitrogen and oxygen atoms in total. The molecule has 1 saturated carbocycles. The number of carboxylic acids is 1. The van der Waals surface area contributed by atoms with Gasteiger partial charge in [-0.25, -0.2) is 0 Å². The van der Waals surface area contributed by atoms with Crippen molar-refractivity contribution >= 4 is 5.97 Å². The lowest BCUT2D eigenvalue weighted by molar-refractivity contribution is -0.143. The van der Waals surface area contributed by atoms with Crippen LogP contribution in [0.2, 0.25) is 0 Å². The number of nitrogens with one attached hydrogen (secondary N) is 1. The number of aliphatic carboxylic acids is 1. The van der Waals surface area contributed by atoms with Crippen LogP contribution in [0.1, 0.15) is 36.8 Å². The standard InChI is InChI=1S/C16H23NO3/c1-20-11-13-5-2-4-12(8-13)10-17-15-7-3-6-14(9-15)16(18)19/h2,4-5,8,14-15,17H,3,6-7,9-11H2,1H3,(H,18,19). The summed E-state index contributed by atoms with van der Waals surface area (Å²) >= 11 is 0. The second-order valence-corrected chi connectivity index (χ2v) is 5.53. The summed E-state index contributed by atoms with van der Waals surface area (Å²) in [5, 5.41) is 12.6. The van der Waals surface area contributed by atoms with E-state index < -0.39 is 5.97 Å². The van der Waals surface area contributed by atoms with E-state index in [0.717, 1.165) is 32.2 Å². The predicted octanol–water partition coefficient (Wildman–Crippen LogP) is 2.57. The highest BCUT2D eigenvalue weighted by Crippen LogP contribution is 2.24. The van der Waals surface area contributed by atoms with Crippen LogP contribution >= 0.6 is 0 Å². The van der Waals surface area contributed by atoms with E-state index >= 15 is 0 Å². The molecule has 1 fully saturated rings. The van der Waals surface area contributed by atoms with Gasteiger partial charge in [0.05, 0.1) is 12.5 Å². The van der Waals surface area contributed by atoms with Crippen molar-refractivity contribution in [1.82, 2.24) is 5.32 Å². The van der Waals surface area contributed by atoms with E-state index in [4.69, 9.17) is 9.84 Å². The van der Waals surface area contributed by atoms with Crippen LogP contribution in [0.3, 0.4) is 0 Å². The third-order valence-corrected chi connectivity index (χ3v) is 3.92. The molecule has 20 heavy (non-hydrogen) atoms. The maximum absolute atomic E-state index is 11.0. The Bertz CT molecular complexity index is 447. The van der Waals surface area contributed by atoms with Crippen molar-refractivity contribution in [3.05, 3.63) is 35.4 Å². The third kappa shape index (κ3) is 4.32. The maximum atomic E-state index is 11.0. The van der Waals surface area contributed by atoms with Gasteiger partial charge in [0.2, 0.25) is 0 Å². The molecular formula is C16H23NO3. The molecule has 0 radical (unpaired) electrons. The van der Waals surface area contributed by atoms with Gasteiger partial charge in [0.1, 0.15) is 0 Å². The van der Waals surface area contributed by atoms with Crippen molar-refractivity contribution in [3.8, 4) is 0 Å². The molecule has 2 unspecified atom stereocenters. The van der Waals surface area contributed by atoms with Crippen LogP contribution in [0.15, 0.2) is 24.3 Å². The first-order valence-corrected chi connectivity index (χ1v) is 7.22. The fourth-order valence-electron chi connectivity index (χ4n) is 2.86. The second kappa shape index (κ2) is 7.41. The molecule has 0 aromatic heterocycles. The van der Waals surface area contributed by atoms with E-state index in [0.29, 0.717) is 12.6 Å². The first-order chi connectivity index (χ1) is 9.69. The normalized spacial score (nSPS) is 22.6. The Morgan fingerprint density at radius 3 is 2.95 bits per heavy atom. The number of carbonyl (C=O) groups is 1. The summed E-state index contributed by atoms with van der Waals surface area (Å²) in [6, 6.07) is 8.62. The molecule has 2 N–H and O–H groups in total. The van der Waals surface area contributed by atoms with Crippen molar-refractivity contribution in [2.24, 2.45) is 5.92 Å². The van der Waals surface area contributed by atoms with Crippen LogP contribution < -0.4 is 5.32 Å². The SMILES string of the molecule is COCc1cccc(CNC2CCCC(C(=O)O)C2)c1. The highest BCUT2D eigenvalue weighted by atomic mass is 16.5. The van der Waals surface area contributed by atoms with Gasteiger partial charge in [-0.15, -0.1) is 0 Å². The number of methoxy groups -OCH3 is 1. The highest BCUT2D eigenvalue weighted by molar-refractivity contribution is 5.70. The monoisotopic (exact) mass is 277 g/mol. The van der Waals surface area contributed by atoms with Gasteiger partial charge in [-0.2, -0.15) is 0 Å². The molecule has 1 aliphatic rings. The fourth-order valence-corrected chi connectivity index (χ4v) is 2.86. The Hall–Kier alpha value is -1.39. The number of hydrogen-bond donors (Lipinski definition) is 2. The van der Waals surface area contributed by atoms with Gasteiger partial charge < -0.3 is 15.2 Å². The lowest BCUT2D eigenvalue weighted by atomic mass is 9.86. The quantitative estimate of drug-likeness (QED) is 0.839. The number of benzene rings is 1. The van der Waals surface area contributed by atoms with Gasteiger partial charge in [-0.05, 0) is 30.4 Å². The lowest BCUT2D eigenvalue weighted by Crippen LogP contribution is -2.36. The molecule has 0 bridgehead atoms. The van der Waals surface area contributed by atoms with Crippen LogP contribution in [-0.2, 0) is 22.7 Å². The molecule has 4 heteroatoms. The minimum absolute atomic E-state index is 0.180. The minimum atomic E-state index is -0.654. The zero-order valence-electron chi connectivity index (χ0n) is 12.0. The van der Waals surface area contributed by atoms with Crippen molar-refractivity contribution in [2.45, 2.75) is 44.9 Å². The van der Waals surface area contributed by atoms with E-state index in [-0.39, 0.29) is 5.92 Å². The molecule has 2 atom stereocenters. The van der Waals surface area contributed by atoms with Crippen molar-refractivity contribution in [1.29, 1.82) is 0 Å². The van der Waals surface area contributed by atoms with E-state index in [9.17, 15) is 4.79 Å². The van der Waals surface area contributed by atoms with E-state index in [2.05, 4.69) is 17.4 Å². The molecule has 2 rings (SSSR count). The van der Waals surface area contributed by atoms with Crippen molar-refractivity contribution < 1.29 is 14.6 Å². The van der Waals surface area contributed by atoms with Gasteiger partial charge in [0, 0.05) is 19.7 Å². The Morgan fingerprint density at radius 2 is 2.20 bits per heavy atom. The minimum Gasteiger partial charge on any atom is -0.481 e. The Morgan fingerprint density at radius 1 is 1.40 bits per heavy atom. The smallest absolute Gasteiger partial charge is 0.306 e. The fraction of sp³-hybridized carbons (Fsp3) is 0.562. The van der Waals surface area contributed by atoms with Crippen LogP contribution in [-0.4, -0.2) is 24.2 Å². The average molecular weight is 277 g/mol. The van der Waals surface area contributed by atoms with Gasteiger partial charge in [-0.1, -0.05) is 30.7 Å². The van der Waals surface area contributed by atoms with Crippen LogP contribution in [0.25, 0.3) is 0 Å². The van der Waals surface area contributed by atoms with Gasteiger partial charge >= 0.3 is 5.97 Å². The van der Waals surface area contributed by atoms with E-state index in [1.165, 1.54) is 11.1 Å². The van der Waals surface area contributed by atoms with Gasteiger partial charge in [0.25, 0.3) is 0 Å². The molecular weight excluding hydrogens is 254 g/mol. The molecule has 0 heterocycles. The Kier molecular flexibility index (Phi) is 5.56. The molecule has 0 amide bonds. The highest BCUT2D eigenvalue weighted by Gasteiger charge is 2.26. The van der Waals surface area contributed by atoms with Crippen LogP contribution in [0.4, 0.5) is 0 Å². The summed E-state index contributed by atoms with van der Waals surface area (Å²) in [5.74, 6) is -0.834. The van der Waals surface area contributed by atoms with Crippen molar-refractivity contribution in [2.75, 3.05) is 7.11 Å². The number of carboxylic acid groups (broad SMARTS) is 1.